The smallest absolute Gasteiger partial charge is 0.408 e. The van der Waals surface area contributed by atoms with Crippen molar-refractivity contribution < 1.29 is 29.0 Å². The first-order chi connectivity index (χ1) is 11.5. The number of carboxylic acids is 1. The van der Waals surface area contributed by atoms with Crippen LogP contribution in [-0.4, -0.2) is 41.2 Å². The molecule has 0 aliphatic rings. The third-order valence-corrected chi connectivity index (χ3v) is 3.12. The van der Waals surface area contributed by atoms with Crippen LogP contribution in [0.2, 0.25) is 0 Å². The minimum atomic E-state index is -1.08. The second-order valence-electron chi connectivity index (χ2n) is 6.94. The highest BCUT2D eigenvalue weighted by Gasteiger charge is 2.27. The summed E-state index contributed by atoms with van der Waals surface area (Å²) in [6.07, 6.45) is -0.652. The van der Waals surface area contributed by atoms with Crippen molar-refractivity contribution in [2.24, 2.45) is 5.92 Å². The van der Waals surface area contributed by atoms with Gasteiger partial charge in [0.15, 0.2) is 12.4 Å². The Balaban J connectivity index is 2.82. The van der Waals surface area contributed by atoms with Gasteiger partial charge in [0.2, 0.25) is 0 Å². The molecule has 1 aromatic carbocycles. The van der Waals surface area contributed by atoms with E-state index in [1.807, 2.05) is 13.8 Å². The molecule has 1 aromatic rings. The van der Waals surface area contributed by atoms with Crippen molar-refractivity contribution in [3.8, 4) is 5.75 Å². The number of alkyl carbamates (subject to hydrolysis) is 1. The number of hydrogen-bond acceptors (Lipinski definition) is 5. The van der Waals surface area contributed by atoms with Crippen LogP contribution < -0.4 is 10.1 Å². The van der Waals surface area contributed by atoms with E-state index in [-0.39, 0.29) is 11.7 Å². The van der Waals surface area contributed by atoms with E-state index in [1.54, 1.807) is 20.8 Å². The molecule has 138 valence electrons. The van der Waals surface area contributed by atoms with E-state index in [0.29, 0.717) is 11.3 Å². The van der Waals surface area contributed by atoms with Gasteiger partial charge in [-0.15, -0.1) is 0 Å². The summed E-state index contributed by atoms with van der Waals surface area (Å²) in [5.41, 5.74) is -0.268. The number of carbonyl (C=O) groups excluding carboxylic acids is 2. The van der Waals surface area contributed by atoms with E-state index < -0.39 is 30.3 Å². The summed E-state index contributed by atoms with van der Waals surface area (Å²) >= 11 is 0. The van der Waals surface area contributed by atoms with E-state index in [0.717, 1.165) is 0 Å². The molecule has 0 saturated carbocycles. The first kappa shape index (κ1) is 20.5. The van der Waals surface area contributed by atoms with Crippen LogP contribution in [0.4, 0.5) is 4.79 Å². The third kappa shape index (κ3) is 7.24. The molecule has 0 bridgehead atoms. The molecule has 0 saturated heterocycles. The SMILES string of the molecule is CC(C)[C@H](NC(=O)OC(C)(C)C)C(=O)c1ccc(OCC(=O)O)cc1. The molecular formula is C18H25NO6. The summed E-state index contributed by atoms with van der Waals surface area (Å²) in [6, 6.07) is 5.36. The van der Waals surface area contributed by atoms with E-state index in [1.165, 1.54) is 24.3 Å². The Morgan fingerprint density at radius 2 is 1.68 bits per heavy atom. The van der Waals surface area contributed by atoms with Gasteiger partial charge in [0, 0.05) is 5.56 Å². The van der Waals surface area contributed by atoms with Gasteiger partial charge in [-0.1, -0.05) is 13.8 Å². The zero-order valence-corrected chi connectivity index (χ0v) is 15.2. The van der Waals surface area contributed by atoms with E-state index in [9.17, 15) is 14.4 Å². The average molecular weight is 351 g/mol. The molecule has 0 aromatic heterocycles. The second-order valence-corrected chi connectivity index (χ2v) is 6.94. The number of benzene rings is 1. The highest BCUT2D eigenvalue weighted by atomic mass is 16.6. The number of Topliss-reactive ketones (excluding diaryl/α,β-unsaturated/α-hetero) is 1. The van der Waals surface area contributed by atoms with Crippen molar-refractivity contribution in [3.05, 3.63) is 29.8 Å². The van der Waals surface area contributed by atoms with Crippen molar-refractivity contribution in [1.29, 1.82) is 0 Å². The van der Waals surface area contributed by atoms with Gasteiger partial charge in [0.1, 0.15) is 11.4 Å². The first-order valence-electron chi connectivity index (χ1n) is 7.98. The van der Waals surface area contributed by atoms with Crippen LogP contribution >= 0.6 is 0 Å². The van der Waals surface area contributed by atoms with E-state index in [4.69, 9.17) is 14.6 Å². The molecule has 0 heterocycles. The Morgan fingerprint density at radius 1 is 1.12 bits per heavy atom. The van der Waals surface area contributed by atoms with Crippen LogP contribution in [0.3, 0.4) is 0 Å². The van der Waals surface area contributed by atoms with Crippen LogP contribution in [-0.2, 0) is 9.53 Å². The third-order valence-electron chi connectivity index (χ3n) is 3.12. The summed E-state index contributed by atoms with van der Waals surface area (Å²) in [5.74, 6) is -1.13. The van der Waals surface area contributed by atoms with Crippen molar-refractivity contribution in [2.45, 2.75) is 46.3 Å². The molecule has 1 amide bonds. The van der Waals surface area contributed by atoms with Gasteiger partial charge < -0.3 is 19.9 Å². The minimum Gasteiger partial charge on any atom is -0.482 e. The molecule has 0 radical (unpaired) electrons. The number of carbonyl (C=O) groups is 3. The summed E-state index contributed by atoms with van der Waals surface area (Å²) in [7, 11) is 0. The second kappa shape index (κ2) is 8.50. The number of rotatable bonds is 7. The van der Waals surface area contributed by atoms with Crippen LogP contribution in [0.15, 0.2) is 24.3 Å². The Labute approximate surface area is 147 Å². The van der Waals surface area contributed by atoms with Gasteiger partial charge in [0.05, 0.1) is 6.04 Å². The number of hydrogen-bond donors (Lipinski definition) is 2. The lowest BCUT2D eigenvalue weighted by molar-refractivity contribution is -0.139. The zero-order valence-electron chi connectivity index (χ0n) is 15.2. The largest absolute Gasteiger partial charge is 0.482 e. The fourth-order valence-electron chi connectivity index (χ4n) is 2.01. The van der Waals surface area contributed by atoms with E-state index in [2.05, 4.69) is 5.32 Å². The van der Waals surface area contributed by atoms with Gasteiger partial charge in [0.25, 0.3) is 0 Å². The first-order valence-corrected chi connectivity index (χ1v) is 7.98. The van der Waals surface area contributed by atoms with Gasteiger partial charge in [-0.3, -0.25) is 4.79 Å². The molecule has 0 fully saturated rings. The number of ether oxygens (including phenoxy) is 2. The molecule has 0 aliphatic heterocycles. The Kier molecular flexibility index (Phi) is 6.97. The van der Waals surface area contributed by atoms with Crippen LogP contribution in [0.25, 0.3) is 0 Å². The molecule has 1 rings (SSSR count). The topological polar surface area (TPSA) is 102 Å². The van der Waals surface area contributed by atoms with E-state index >= 15 is 0 Å². The molecule has 25 heavy (non-hydrogen) atoms. The number of ketones is 1. The van der Waals surface area contributed by atoms with Crippen molar-refractivity contribution in [3.63, 3.8) is 0 Å². The zero-order chi connectivity index (χ0) is 19.2. The van der Waals surface area contributed by atoms with Crippen molar-refractivity contribution in [1.82, 2.24) is 5.32 Å². The molecule has 7 heteroatoms. The molecule has 2 N–H and O–H groups in total. The molecule has 0 unspecified atom stereocenters. The highest BCUT2D eigenvalue weighted by Crippen LogP contribution is 2.17. The number of carboxylic acid groups (broad SMARTS) is 1. The van der Waals surface area contributed by atoms with Gasteiger partial charge in [-0.2, -0.15) is 0 Å². The fraction of sp³-hybridized carbons (Fsp3) is 0.500. The summed E-state index contributed by atoms with van der Waals surface area (Å²) in [5, 5.41) is 11.2. The molecule has 0 aliphatic carbocycles. The lowest BCUT2D eigenvalue weighted by Gasteiger charge is -2.25. The number of amides is 1. The maximum atomic E-state index is 12.7. The molecule has 0 spiro atoms. The van der Waals surface area contributed by atoms with Gasteiger partial charge >= 0.3 is 12.1 Å². The van der Waals surface area contributed by atoms with Crippen LogP contribution in [0, 0.1) is 5.92 Å². The molecule has 7 nitrogen and oxygen atoms in total. The quantitative estimate of drug-likeness (QED) is 0.732. The van der Waals surface area contributed by atoms with Gasteiger partial charge in [-0.05, 0) is 51.0 Å². The maximum absolute atomic E-state index is 12.7. The standard InChI is InChI=1S/C18H25NO6/c1-11(2)15(19-17(23)25-18(3,4)5)16(22)12-6-8-13(9-7-12)24-10-14(20)21/h6-9,11,15H,10H2,1-5H3,(H,19,23)(H,20,21)/t15-/m0/s1. The Bertz CT molecular complexity index is 615. The van der Waals surface area contributed by atoms with Crippen LogP contribution in [0.1, 0.15) is 45.0 Å². The lowest BCUT2D eigenvalue weighted by atomic mass is 9.95. The Morgan fingerprint density at radius 3 is 2.12 bits per heavy atom. The number of nitrogens with one attached hydrogen (secondary N) is 1. The van der Waals surface area contributed by atoms with Crippen LogP contribution in [0.5, 0.6) is 5.75 Å². The predicted molar refractivity (Wildman–Crippen MR) is 91.9 cm³/mol. The molecule has 1 atom stereocenters. The maximum Gasteiger partial charge on any atom is 0.408 e. The predicted octanol–water partition coefficient (Wildman–Crippen LogP) is 2.88. The van der Waals surface area contributed by atoms with Gasteiger partial charge in [-0.25, -0.2) is 9.59 Å². The Hall–Kier alpha value is -2.57. The minimum absolute atomic E-state index is 0.136. The summed E-state index contributed by atoms with van der Waals surface area (Å²) < 4.78 is 10.2. The normalized spacial score (nSPS) is 12.4. The summed E-state index contributed by atoms with van der Waals surface area (Å²) in [6.45, 7) is 8.43. The molecular weight excluding hydrogens is 326 g/mol. The number of aliphatic carboxylic acids is 1. The van der Waals surface area contributed by atoms with Crippen molar-refractivity contribution >= 4 is 17.8 Å². The monoisotopic (exact) mass is 351 g/mol. The van der Waals surface area contributed by atoms with Crippen molar-refractivity contribution in [2.75, 3.05) is 6.61 Å². The average Bonchev–Trinajstić information content (AvgIpc) is 2.48. The lowest BCUT2D eigenvalue weighted by Crippen LogP contribution is -2.46. The summed E-state index contributed by atoms with van der Waals surface area (Å²) in [4.78, 5) is 35.1. The fourth-order valence-corrected chi connectivity index (χ4v) is 2.01. The highest BCUT2D eigenvalue weighted by molar-refractivity contribution is 6.01.